The molecule has 1 aromatic carbocycles. The Balaban J connectivity index is 1.46. The van der Waals surface area contributed by atoms with Crippen molar-refractivity contribution >= 4 is 23.2 Å². The predicted molar refractivity (Wildman–Crippen MR) is 129 cm³/mol. The zero-order chi connectivity index (χ0) is 23.4. The lowest BCUT2D eigenvalue weighted by molar-refractivity contribution is -0.117. The summed E-state index contributed by atoms with van der Waals surface area (Å²) >= 11 is 0. The Bertz CT molecular complexity index is 1110. The highest BCUT2D eigenvalue weighted by Gasteiger charge is 2.29. The summed E-state index contributed by atoms with van der Waals surface area (Å²) in [5.41, 5.74) is 5.36. The number of anilines is 3. The van der Waals surface area contributed by atoms with Gasteiger partial charge >= 0.3 is 0 Å². The van der Waals surface area contributed by atoms with Gasteiger partial charge in [0.2, 0.25) is 11.9 Å². The maximum atomic E-state index is 12.7. The molecule has 0 spiro atoms. The number of likely N-dealkylation sites (tertiary alicyclic amines) is 1. The second-order valence-electron chi connectivity index (χ2n) is 8.43. The van der Waals surface area contributed by atoms with Crippen LogP contribution in [0.15, 0.2) is 42.5 Å². The van der Waals surface area contributed by atoms with E-state index in [0.717, 1.165) is 59.3 Å². The van der Waals surface area contributed by atoms with Gasteiger partial charge in [-0.2, -0.15) is 0 Å². The van der Waals surface area contributed by atoms with E-state index in [1.54, 1.807) is 7.11 Å². The summed E-state index contributed by atoms with van der Waals surface area (Å²) < 4.78 is 5.17. The molecule has 8 nitrogen and oxygen atoms in total. The molecule has 0 radical (unpaired) electrons. The molecular formula is C25H30N6O2. The number of aryl methyl sites for hydroxylation is 3. The van der Waals surface area contributed by atoms with Crippen LogP contribution in [0.2, 0.25) is 0 Å². The number of nitrogens with one attached hydrogen (secondary N) is 2. The molecule has 3 heterocycles. The monoisotopic (exact) mass is 446 g/mol. The van der Waals surface area contributed by atoms with E-state index in [1.807, 2.05) is 63.2 Å². The number of ether oxygens (including phenoxy) is 1. The maximum absolute atomic E-state index is 12.7. The lowest BCUT2D eigenvalue weighted by Gasteiger charge is -2.24. The normalized spacial score (nSPS) is 15.9. The molecule has 3 aromatic rings. The van der Waals surface area contributed by atoms with Crippen LogP contribution in [0.3, 0.4) is 0 Å². The number of methoxy groups -OCH3 is 1. The first kappa shape index (κ1) is 22.7. The number of aromatic nitrogens is 3. The average Bonchev–Trinajstić information content (AvgIpc) is 3.21. The molecule has 1 fully saturated rings. The van der Waals surface area contributed by atoms with Crippen LogP contribution in [0.5, 0.6) is 5.75 Å². The smallest absolute Gasteiger partial charge is 0.238 e. The van der Waals surface area contributed by atoms with E-state index in [2.05, 4.69) is 25.5 Å². The van der Waals surface area contributed by atoms with Crippen LogP contribution in [-0.4, -0.2) is 46.0 Å². The Morgan fingerprint density at radius 3 is 2.39 bits per heavy atom. The number of hydrogen-bond donors (Lipinski definition) is 2. The van der Waals surface area contributed by atoms with E-state index in [0.29, 0.717) is 12.5 Å². The Labute approximate surface area is 194 Å². The van der Waals surface area contributed by atoms with Crippen LogP contribution in [0.25, 0.3) is 0 Å². The molecule has 2 N–H and O–H groups in total. The van der Waals surface area contributed by atoms with Gasteiger partial charge in [-0.3, -0.25) is 14.7 Å². The van der Waals surface area contributed by atoms with Crippen LogP contribution >= 0.6 is 0 Å². The molecule has 1 atom stereocenters. The van der Waals surface area contributed by atoms with Crippen molar-refractivity contribution in [3.8, 4) is 5.75 Å². The molecule has 0 saturated carbocycles. The fourth-order valence-electron chi connectivity index (χ4n) is 4.26. The summed E-state index contributed by atoms with van der Waals surface area (Å²) in [6.45, 7) is 7.06. The molecule has 172 valence electrons. The SMILES string of the molecule is COc1ccc(NC(=O)CN2CCC[C@@H]2c2cc(Nc3nc(C)cc(C)n3)cc(C)n2)cc1. The Hall–Kier alpha value is -3.52. The third-order valence-electron chi connectivity index (χ3n) is 5.64. The molecule has 0 aliphatic carbocycles. The minimum atomic E-state index is -0.0401. The fourth-order valence-corrected chi connectivity index (χ4v) is 4.26. The number of benzene rings is 1. The number of nitrogens with zero attached hydrogens (tertiary/aromatic N) is 4. The predicted octanol–water partition coefficient (Wildman–Crippen LogP) is 4.32. The van der Waals surface area contributed by atoms with Crippen molar-refractivity contribution in [2.24, 2.45) is 0 Å². The minimum absolute atomic E-state index is 0.0401. The van der Waals surface area contributed by atoms with E-state index >= 15 is 0 Å². The van der Waals surface area contributed by atoms with Gasteiger partial charge in [-0.25, -0.2) is 9.97 Å². The molecule has 2 aromatic heterocycles. The number of pyridine rings is 1. The van der Waals surface area contributed by atoms with Gasteiger partial charge in [-0.15, -0.1) is 0 Å². The van der Waals surface area contributed by atoms with Gasteiger partial charge in [0.05, 0.1) is 25.4 Å². The topological polar surface area (TPSA) is 92.3 Å². The molecule has 8 heteroatoms. The second kappa shape index (κ2) is 9.95. The molecule has 1 aliphatic rings. The van der Waals surface area contributed by atoms with E-state index in [9.17, 15) is 4.79 Å². The van der Waals surface area contributed by atoms with Gasteiger partial charge in [0, 0.05) is 28.5 Å². The number of carbonyl (C=O) groups excluding carboxylic acids is 1. The third kappa shape index (κ3) is 5.84. The zero-order valence-electron chi connectivity index (χ0n) is 19.6. The summed E-state index contributed by atoms with van der Waals surface area (Å²) in [7, 11) is 1.62. The Morgan fingerprint density at radius 1 is 1.00 bits per heavy atom. The van der Waals surface area contributed by atoms with Crippen molar-refractivity contribution in [2.75, 3.05) is 30.8 Å². The zero-order valence-corrected chi connectivity index (χ0v) is 19.6. The quantitative estimate of drug-likeness (QED) is 0.558. The van der Waals surface area contributed by atoms with Gasteiger partial charge < -0.3 is 15.4 Å². The number of carbonyl (C=O) groups is 1. The van der Waals surface area contributed by atoms with Crippen LogP contribution < -0.4 is 15.4 Å². The van der Waals surface area contributed by atoms with Crippen molar-refractivity contribution in [1.82, 2.24) is 19.9 Å². The van der Waals surface area contributed by atoms with Crippen molar-refractivity contribution < 1.29 is 9.53 Å². The first-order valence-electron chi connectivity index (χ1n) is 11.2. The van der Waals surface area contributed by atoms with Crippen molar-refractivity contribution in [3.63, 3.8) is 0 Å². The van der Waals surface area contributed by atoms with Crippen LogP contribution in [-0.2, 0) is 4.79 Å². The Morgan fingerprint density at radius 2 is 1.70 bits per heavy atom. The summed E-state index contributed by atoms with van der Waals surface area (Å²) in [6, 6.07) is 13.4. The molecule has 4 rings (SSSR count). The highest BCUT2D eigenvalue weighted by atomic mass is 16.5. The molecule has 0 unspecified atom stereocenters. The first-order valence-corrected chi connectivity index (χ1v) is 11.2. The molecule has 1 saturated heterocycles. The molecule has 1 amide bonds. The molecule has 1 aliphatic heterocycles. The van der Waals surface area contributed by atoms with Crippen LogP contribution in [0.4, 0.5) is 17.3 Å². The van der Waals surface area contributed by atoms with Crippen LogP contribution in [0, 0.1) is 20.8 Å². The standard InChI is InChI=1S/C25H30N6O2/c1-16-12-17(2)28-25(27-16)30-20-13-18(3)26-22(14-20)23-6-5-11-31(23)15-24(32)29-19-7-9-21(33-4)10-8-19/h7-10,12-14,23H,5-6,11,15H2,1-4H3,(H,29,32)(H,26,27,28,30)/t23-/m1/s1. The molecule has 0 bridgehead atoms. The second-order valence-corrected chi connectivity index (χ2v) is 8.43. The van der Waals surface area contributed by atoms with Gasteiger partial charge in [-0.1, -0.05) is 0 Å². The number of amides is 1. The van der Waals surface area contributed by atoms with E-state index in [4.69, 9.17) is 9.72 Å². The van der Waals surface area contributed by atoms with Crippen molar-refractivity contribution in [3.05, 3.63) is 65.2 Å². The van der Waals surface area contributed by atoms with E-state index < -0.39 is 0 Å². The third-order valence-corrected chi connectivity index (χ3v) is 5.64. The summed E-state index contributed by atoms with van der Waals surface area (Å²) in [6.07, 6.45) is 1.99. The number of rotatable bonds is 7. The van der Waals surface area contributed by atoms with Crippen LogP contribution in [0.1, 0.15) is 41.7 Å². The van der Waals surface area contributed by atoms with Gasteiger partial charge in [-0.05, 0) is 82.6 Å². The summed E-state index contributed by atoms with van der Waals surface area (Å²) in [5, 5.41) is 6.29. The Kier molecular flexibility index (Phi) is 6.84. The summed E-state index contributed by atoms with van der Waals surface area (Å²) in [5.74, 6) is 1.29. The first-order chi connectivity index (χ1) is 15.9. The van der Waals surface area contributed by atoms with E-state index in [-0.39, 0.29) is 11.9 Å². The minimum Gasteiger partial charge on any atom is -0.497 e. The van der Waals surface area contributed by atoms with Crippen molar-refractivity contribution in [2.45, 2.75) is 39.7 Å². The van der Waals surface area contributed by atoms with Gasteiger partial charge in [0.1, 0.15) is 5.75 Å². The largest absolute Gasteiger partial charge is 0.497 e. The van der Waals surface area contributed by atoms with Crippen molar-refractivity contribution in [1.29, 1.82) is 0 Å². The number of hydrogen-bond acceptors (Lipinski definition) is 7. The maximum Gasteiger partial charge on any atom is 0.238 e. The summed E-state index contributed by atoms with van der Waals surface area (Å²) in [4.78, 5) is 28.6. The highest BCUT2D eigenvalue weighted by molar-refractivity contribution is 5.92. The fraction of sp³-hybridized carbons (Fsp3) is 0.360. The molecule has 33 heavy (non-hydrogen) atoms. The molecular weight excluding hydrogens is 416 g/mol. The lowest BCUT2D eigenvalue weighted by atomic mass is 10.1. The van der Waals surface area contributed by atoms with Gasteiger partial charge in [0.15, 0.2) is 0 Å². The highest BCUT2D eigenvalue weighted by Crippen LogP contribution is 2.32. The van der Waals surface area contributed by atoms with Gasteiger partial charge in [0.25, 0.3) is 0 Å². The average molecular weight is 447 g/mol. The van der Waals surface area contributed by atoms with E-state index in [1.165, 1.54) is 0 Å². The lowest BCUT2D eigenvalue weighted by Crippen LogP contribution is -2.33.